The summed E-state index contributed by atoms with van der Waals surface area (Å²) < 4.78 is 5.06. The number of hydrazine groups is 1. The molecule has 0 saturated carbocycles. The zero-order valence-corrected chi connectivity index (χ0v) is 8.47. The number of carbonyl (C=O) groups is 2. The number of carbonyl (C=O) groups excluding carboxylic acids is 2. The van der Waals surface area contributed by atoms with Crippen molar-refractivity contribution in [3.63, 3.8) is 0 Å². The molecule has 2 amide bonds. The number of para-hydroxylation sites is 1. The first-order valence-electron chi connectivity index (χ1n) is 4.75. The number of nitrogens with one attached hydrogen (secondary N) is 1. The van der Waals surface area contributed by atoms with E-state index in [0.717, 1.165) is 5.56 Å². The molecule has 0 aliphatic carbocycles. The van der Waals surface area contributed by atoms with Gasteiger partial charge < -0.3 is 4.74 Å². The van der Waals surface area contributed by atoms with E-state index in [2.05, 4.69) is 0 Å². The average Bonchev–Trinajstić information content (AvgIpc) is 2.30. The van der Waals surface area contributed by atoms with Crippen molar-refractivity contribution in [2.45, 2.75) is 6.54 Å². The van der Waals surface area contributed by atoms with Gasteiger partial charge in [-0.2, -0.15) is 0 Å². The molecule has 84 valence electrons. The number of nitrogens with two attached hydrogens (primary N) is 1. The highest BCUT2D eigenvalue weighted by Crippen LogP contribution is 2.24. The highest BCUT2D eigenvalue weighted by Gasteiger charge is 2.25. The van der Waals surface area contributed by atoms with Gasteiger partial charge in [0.05, 0.1) is 6.54 Å². The van der Waals surface area contributed by atoms with Gasteiger partial charge in [0.2, 0.25) is 0 Å². The van der Waals surface area contributed by atoms with Crippen LogP contribution in [0.1, 0.15) is 5.56 Å². The lowest BCUT2D eigenvalue weighted by Gasteiger charge is -2.26. The third kappa shape index (κ3) is 1.96. The lowest BCUT2D eigenvalue weighted by molar-refractivity contribution is -0.122. The maximum absolute atomic E-state index is 11.5. The van der Waals surface area contributed by atoms with Crippen LogP contribution in [0, 0.1) is 0 Å². The number of hydrogen-bond acceptors (Lipinski definition) is 4. The molecule has 0 radical (unpaired) electrons. The summed E-state index contributed by atoms with van der Waals surface area (Å²) in [6.07, 6.45) is -0.540. The van der Waals surface area contributed by atoms with E-state index in [0.29, 0.717) is 12.3 Å². The molecule has 3 N–H and O–H groups in total. The fraction of sp³-hybridized carbons (Fsp3) is 0.200. The average molecular weight is 221 g/mol. The first-order valence-corrected chi connectivity index (χ1v) is 4.75. The minimum atomic E-state index is -0.540. The van der Waals surface area contributed by atoms with Gasteiger partial charge in [-0.15, -0.1) is 0 Å². The number of amides is 2. The summed E-state index contributed by atoms with van der Waals surface area (Å²) in [6.45, 7) is 0.242. The van der Waals surface area contributed by atoms with Crippen LogP contribution in [0.25, 0.3) is 0 Å². The van der Waals surface area contributed by atoms with Gasteiger partial charge in [0.25, 0.3) is 5.91 Å². The SMILES string of the molecule is NNC(=O)CN1Cc2ccccc2OC1=O. The van der Waals surface area contributed by atoms with Crippen LogP contribution in [-0.4, -0.2) is 23.4 Å². The fourth-order valence-electron chi connectivity index (χ4n) is 1.50. The van der Waals surface area contributed by atoms with Crippen LogP contribution in [0.15, 0.2) is 24.3 Å². The zero-order chi connectivity index (χ0) is 11.5. The van der Waals surface area contributed by atoms with E-state index in [4.69, 9.17) is 10.6 Å². The second-order valence-corrected chi connectivity index (χ2v) is 3.40. The van der Waals surface area contributed by atoms with Crippen LogP contribution >= 0.6 is 0 Å². The Hall–Kier alpha value is -2.08. The molecule has 0 spiro atoms. The number of rotatable bonds is 2. The van der Waals surface area contributed by atoms with E-state index < -0.39 is 12.0 Å². The molecule has 16 heavy (non-hydrogen) atoms. The van der Waals surface area contributed by atoms with Gasteiger partial charge >= 0.3 is 6.09 Å². The minimum absolute atomic E-state index is 0.107. The van der Waals surface area contributed by atoms with Gasteiger partial charge in [0.1, 0.15) is 12.3 Å². The molecule has 2 rings (SSSR count). The highest BCUT2D eigenvalue weighted by molar-refractivity contribution is 5.83. The molecule has 0 bridgehead atoms. The smallest absolute Gasteiger partial charge is 0.410 e. The number of benzene rings is 1. The predicted molar refractivity (Wildman–Crippen MR) is 55.2 cm³/mol. The van der Waals surface area contributed by atoms with Crippen molar-refractivity contribution in [2.75, 3.05) is 6.54 Å². The summed E-state index contributed by atoms with van der Waals surface area (Å²) in [5, 5.41) is 0. The normalized spacial score (nSPS) is 14.1. The first kappa shape index (κ1) is 10.4. The van der Waals surface area contributed by atoms with E-state index in [1.807, 2.05) is 17.6 Å². The summed E-state index contributed by atoms with van der Waals surface area (Å²) in [4.78, 5) is 23.8. The summed E-state index contributed by atoms with van der Waals surface area (Å²) in [6, 6.07) is 7.19. The maximum atomic E-state index is 11.5. The Balaban J connectivity index is 2.15. The van der Waals surface area contributed by atoms with Crippen molar-refractivity contribution in [1.29, 1.82) is 0 Å². The Morgan fingerprint density at radius 2 is 2.25 bits per heavy atom. The quantitative estimate of drug-likeness (QED) is 0.418. The minimum Gasteiger partial charge on any atom is -0.410 e. The number of hydrogen-bond donors (Lipinski definition) is 2. The van der Waals surface area contributed by atoms with Crippen molar-refractivity contribution in [1.82, 2.24) is 10.3 Å². The molecule has 1 aliphatic heterocycles. The molecule has 6 heteroatoms. The van der Waals surface area contributed by atoms with Crippen LogP contribution in [0.2, 0.25) is 0 Å². The highest BCUT2D eigenvalue weighted by atomic mass is 16.6. The van der Waals surface area contributed by atoms with Crippen molar-refractivity contribution < 1.29 is 14.3 Å². The summed E-state index contributed by atoms with van der Waals surface area (Å²) in [7, 11) is 0. The largest absolute Gasteiger partial charge is 0.416 e. The van der Waals surface area contributed by atoms with Gasteiger partial charge in [0, 0.05) is 5.56 Å². The van der Waals surface area contributed by atoms with Crippen LogP contribution < -0.4 is 16.0 Å². The Kier molecular flexibility index (Phi) is 2.74. The van der Waals surface area contributed by atoms with Gasteiger partial charge in [-0.05, 0) is 6.07 Å². The Bertz CT molecular complexity index is 433. The molecule has 0 fully saturated rings. The third-order valence-electron chi connectivity index (χ3n) is 2.28. The van der Waals surface area contributed by atoms with Gasteiger partial charge in [0.15, 0.2) is 0 Å². The molecule has 0 aromatic heterocycles. The van der Waals surface area contributed by atoms with E-state index in [9.17, 15) is 9.59 Å². The van der Waals surface area contributed by atoms with Gasteiger partial charge in [-0.3, -0.25) is 15.1 Å². The monoisotopic (exact) mass is 221 g/mol. The summed E-state index contributed by atoms with van der Waals surface area (Å²) in [5.74, 6) is 5.06. The second kappa shape index (κ2) is 4.19. The molecule has 1 heterocycles. The first-order chi connectivity index (χ1) is 7.70. The van der Waals surface area contributed by atoms with Crippen LogP contribution in [0.5, 0.6) is 5.75 Å². The van der Waals surface area contributed by atoms with E-state index in [-0.39, 0.29) is 6.54 Å². The lowest BCUT2D eigenvalue weighted by Crippen LogP contribution is -2.45. The topological polar surface area (TPSA) is 84.7 Å². The predicted octanol–water partition coefficient (Wildman–Crippen LogP) is -0.00910. The fourth-order valence-corrected chi connectivity index (χ4v) is 1.50. The summed E-state index contributed by atoms with van der Waals surface area (Å²) in [5.41, 5.74) is 2.84. The van der Waals surface area contributed by atoms with Crippen LogP contribution in [-0.2, 0) is 11.3 Å². The zero-order valence-electron chi connectivity index (χ0n) is 8.47. The summed E-state index contributed by atoms with van der Waals surface area (Å²) >= 11 is 0. The van der Waals surface area contributed by atoms with Crippen LogP contribution in [0.4, 0.5) is 4.79 Å². The van der Waals surface area contributed by atoms with E-state index >= 15 is 0 Å². The molecule has 1 aromatic rings. The molecule has 0 saturated heterocycles. The van der Waals surface area contributed by atoms with Crippen molar-refractivity contribution >= 4 is 12.0 Å². The second-order valence-electron chi connectivity index (χ2n) is 3.40. The van der Waals surface area contributed by atoms with Crippen molar-refractivity contribution in [2.24, 2.45) is 5.84 Å². The van der Waals surface area contributed by atoms with Crippen LogP contribution in [0.3, 0.4) is 0 Å². The third-order valence-corrected chi connectivity index (χ3v) is 2.28. The van der Waals surface area contributed by atoms with Crippen molar-refractivity contribution in [3.05, 3.63) is 29.8 Å². The Labute approximate surface area is 91.9 Å². The molecular weight excluding hydrogens is 210 g/mol. The van der Waals surface area contributed by atoms with Crippen molar-refractivity contribution in [3.8, 4) is 5.75 Å². The number of fused-ring (bicyclic) bond motifs is 1. The van der Waals surface area contributed by atoms with Gasteiger partial charge in [-0.25, -0.2) is 10.6 Å². The van der Waals surface area contributed by atoms with E-state index in [1.165, 1.54) is 4.90 Å². The molecule has 6 nitrogen and oxygen atoms in total. The Morgan fingerprint density at radius 1 is 1.50 bits per heavy atom. The molecule has 1 aliphatic rings. The lowest BCUT2D eigenvalue weighted by atomic mass is 10.1. The maximum Gasteiger partial charge on any atom is 0.416 e. The molecule has 1 aromatic carbocycles. The van der Waals surface area contributed by atoms with Gasteiger partial charge in [-0.1, -0.05) is 18.2 Å². The standard InChI is InChI=1S/C10H11N3O3/c11-12-9(14)6-13-5-7-3-1-2-4-8(7)16-10(13)15/h1-4H,5-6,11H2,(H,12,14). The molecule has 0 unspecified atom stereocenters. The Morgan fingerprint density at radius 3 is 3.00 bits per heavy atom. The molecular formula is C10H11N3O3. The molecule has 0 atom stereocenters. The van der Waals surface area contributed by atoms with E-state index in [1.54, 1.807) is 12.1 Å². The number of nitrogens with zero attached hydrogens (tertiary/aromatic N) is 1. The number of ether oxygens (including phenoxy) is 1.